The lowest BCUT2D eigenvalue weighted by Crippen LogP contribution is -2.28. The highest BCUT2D eigenvalue weighted by molar-refractivity contribution is 5.97. The largest absolute Gasteiger partial charge is 0.326 e. The number of halogens is 2. The molecule has 0 aliphatic carbocycles. The number of nitrogens with one attached hydrogen (secondary N) is 3. The van der Waals surface area contributed by atoms with Gasteiger partial charge >= 0.3 is 0 Å². The summed E-state index contributed by atoms with van der Waals surface area (Å²) in [5, 5.41) is 12.8. The Kier molecular flexibility index (Phi) is 5.48. The highest BCUT2D eigenvalue weighted by Gasteiger charge is 2.35. The molecule has 2 aliphatic heterocycles. The predicted octanol–water partition coefficient (Wildman–Crippen LogP) is 1.81. The van der Waals surface area contributed by atoms with Crippen LogP contribution in [0.25, 0.3) is 0 Å². The lowest BCUT2D eigenvalue weighted by atomic mass is 9.90. The van der Waals surface area contributed by atoms with Crippen molar-refractivity contribution in [1.29, 1.82) is 0 Å². The van der Waals surface area contributed by atoms with E-state index in [9.17, 15) is 14.0 Å². The molecule has 0 saturated carbocycles. The molecule has 27 heavy (non-hydrogen) atoms. The molecule has 9 heteroatoms. The zero-order chi connectivity index (χ0) is 18.3. The molecule has 4 rings (SSSR count). The van der Waals surface area contributed by atoms with Crippen molar-refractivity contribution < 1.29 is 14.0 Å². The Labute approximate surface area is 162 Å². The molecule has 7 nitrogen and oxygen atoms in total. The monoisotopic (exact) mass is 393 g/mol. The summed E-state index contributed by atoms with van der Waals surface area (Å²) in [6.45, 7) is 1.20. The van der Waals surface area contributed by atoms with Gasteiger partial charge in [-0.05, 0) is 29.7 Å². The number of benzene rings is 1. The second-order valence-electron chi connectivity index (χ2n) is 6.85. The average Bonchev–Trinajstić information content (AvgIpc) is 3.24. The molecule has 1 saturated heterocycles. The van der Waals surface area contributed by atoms with Gasteiger partial charge in [0.25, 0.3) is 0 Å². The second kappa shape index (κ2) is 7.66. The highest BCUT2D eigenvalue weighted by atomic mass is 35.5. The molecule has 1 aromatic carbocycles. The van der Waals surface area contributed by atoms with Gasteiger partial charge in [-0.1, -0.05) is 0 Å². The zero-order valence-electron chi connectivity index (χ0n) is 14.8. The van der Waals surface area contributed by atoms with E-state index in [-0.39, 0.29) is 41.7 Å². The fourth-order valence-electron chi connectivity index (χ4n) is 3.66. The third-order valence-corrected chi connectivity index (χ3v) is 5.05. The van der Waals surface area contributed by atoms with E-state index in [1.54, 1.807) is 10.9 Å². The van der Waals surface area contributed by atoms with E-state index in [2.05, 4.69) is 21.0 Å². The molecular weight excluding hydrogens is 373 g/mol. The van der Waals surface area contributed by atoms with Gasteiger partial charge in [-0.3, -0.25) is 14.3 Å². The highest BCUT2D eigenvalue weighted by Crippen LogP contribution is 2.32. The van der Waals surface area contributed by atoms with Crippen molar-refractivity contribution in [3.05, 3.63) is 41.5 Å². The number of carbonyl (C=O) groups is 2. The normalized spacial score (nSPS) is 21.2. The second-order valence-corrected chi connectivity index (χ2v) is 6.85. The Balaban J connectivity index is 0.00000210. The quantitative estimate of drug-likeness (QED) is 0.742. The molecule has 2 aromatic rings. The molecule has 144 valence electrons. The number of anilines is 2. The molecule has 1 aromatic heterocycles. The fourth-order valence-corrected chi connectivity index (χ4v) is 3.66. The van der Waals surface area contributed by atoms with Crippen LogP contribution >= 0.6 is 12.4 Å². The maximum Gasteiger partial charge on any atom is 0.229 e. The van der Waals surface area contributed by atoms with E-state index in [1.807, 2.05) is 13.2 Å². The minimum Gasteiger partial charge on any atom is -0.326 e. The summed E-state index contributed by atoms with van der Waals surface area (Å²) >= 11 is 0. The standard InChI is InChI=1S/C18H20FN5O2.ClH/c1-24-9-11(6-21-24)12-7-20-8-13(12)18(26)23-16-5-15-10(4-14(16)19)2-3-17(25)22-15;/h4-6,9,12-13,20H,2-3,7-8H2,1H3,(H,22,25)(H,23,26);1H/t12-,13+;/m1./s1. The van der Waals surface area contributed by atoms with Gasteiger partial charge in [-0.25, -0.2) is 4.39 Å². The van der Waals surface area contributed by atoms with Crippen LogP contribution in [0.15, 0.2) is 24.5 Å². The van der Waals surface area contributed by atoms with Gasteiger partial charge < -0.3 is 16.0 Å². The summed E-state index contributed by atoms with van der Waals surface area (Å²) in [4.78, 5) is 24.3. The minimum absolute atomic E-state index is 0. The number of amides is 2. The number of hydrogen-bond donors (Lipinski definition) is 3. The first kappa shape index (κ1) is 19.3. The Morgan fingerprint density at radius 1 is 1.33 bits per heavy atom. The van der Waals surface area contributed by atoms with Crippen molar-refractivity contribution in [3.8, 4) is 0 Å². The van der Waals surface area contributed by atoms with Gasteiger partial charge in [0.1, 0.15) is 5.82 Å². The van der Waals surface area contributed by atoms with Crippen molar-refractivity contribution in [2.75, 3.05) is 23.7 Å². The SMILES string of the molecule is Cl.Cn1cc([C@H]2CNC[C@@H]2C(=O)Nc2cc3c(cc2F)CCC(=O)N3)cn1. The third kappa shape index (κ3) is 3.81. The van der Waals surface area contributed by atoms with Crippen LogP contribution in [0, 0.1) is 11.7 Å². The summed E-state index contributed by atoms with van der Waals surface area (Å²) in [6, 6.07) is 2.89. The Morgan fingerprint density at radius 3 is 2.89 bits per heavy atom. The summed E-state index contributed by atoms with van der Waals surface area (Å²) < 4.78 is 16.1. The lowest BCUT2D eigenvalue weighted by Gasteiger charge is -2.20. The van der Waals surface area contributed by atoms with Crippen LogP contribution in [0.3, 0.4) is 0 Å². The Hall–Kier alpha value is -2.45. The average molecular weight is 394 g/mol. The van der Waals surface area contributed by atoms with E-state index in [4.69, 9.17) is 0 Å². The fraction of sp³-hybridized carbons (Fsp3) is 0.389. The molecule has 0 unspecified atom stereocenters. The lowest BCUT2D eigenvalue weighted by molar-refractivity contribution is -0.119. The molecule has 2 aliphatic rings. The number of hydrogen-bond acceptors (Lipinski definition) is 4. The van der Waals surface area contributed by atoms with Crippen LogP contribution in [0.2, 0.25) is 0 Å². The van der Waals surface area contributed by atoms with Gasteiger partial charge in [0.15, 0.2) is 0 Å². The van der Waals surface area contributed by atoms with E-state index in [0.717, 1.165) is 11.1 Å². The molecule has 1 fully saturated rings. The van der Waals surface area contributed by atoms with E-state index >= 15 is 0 Å². The Morgan fingerprint density at radius 2 is 2.15 bits per heavy atom. The number of aryl methyl sites for hydroxylation is 2. The maximum absolute atomic E-state index is 14.4. The van der Waals surface area contributed by atoms with Crippen LogP contribution in [-0.4, -0.2) is 34.7 Å². The molecule has 0 radical (unpaired) electrons. The van der Waals surface area contributed by atoms with Gasteiger partial charge in [0, 0.05) is 44.4 Å². The summed E-state index contributed by atoms with van der Waals surface area (Å²) in [5.74, 6) is -1.16. The first-order valence-corrected chi connectivity index (χ1v) is 8.63. The molecule has 2 amide bonds. The summed E-state index contributed by atoms with van der Waals surface area (Å²) in [6.07, 6.45) is 4.50. The molecule has 0 bridgehead atoms. The van der Waals surface area contributed by atoms with Crippen LogP contribution in [0.1, 0.15) is 23.5 Å². The topological polar surface area (TPSA) is 88.0 Å². The van der Waals surface area contributed by atoms with Crippen LogP contribution in [0.5, 0.6) is 0 Å². The van der Waals surface area contributed by atoms with Crippen molar-refractivity contribution in [3.63, 3.8) is 0 Å². The zero-order valence-corrected chi connectivity index (χ0v) is 15.6. The first-order valence-electron chi connectivity index (χ1n) is 8.63. The van der Waals surface area contributed by atoms with Gasteiger partial charge in [0.2, 0.25) is 11.8 Å². The smallest absolute Gasteiger partial charge is 0.229 e. The summed E-state index contributed by atoms with van der Waals surface area (Å²) in [7, 11) is 1.83. The summed E-state index contributed by atoms with van der Waals surface area (Å²) in [5.41, 5.74) is 2.38. The molecule has 0 spiro atoms. The van der Waals surface area contributed by atoms with Crippen molar-refractivity contribution in [2.45, 2.75) is 18.8 Å². The molecular formula is C18H21ClFN5O2. The molecule has 3 N–H and O–H groups in total. The predicted molar refractivity (Wildman–Crippen MR) is 102 cm³/mol. The molecule has 3 heterocycles. The Bertz CT molecular complexity index is 885. The number of rotatable bonds is 3. The van der Waals surface area contributed by atoms with Crippen molar-refractivity contribution in [2.24, 2.45) is 13.0 Å². The van der Waals surface area contributed by atoms with Gasteiger partial charge in [-0.2, -0.15) is 5.10 Å². The van der Waals surface area contributed by atoms with E-state index in [0.29, 0.717) is 31.6 Å². The van der Waals surface area contributed by atoms with Crippen molar-refractivity contribution >= 4 is 35.6 Å². The van der Waals surface area contributed by atoms with Crippen LogP contribution in [0.4, 0.5) is 15.8 Å². The van der Waals surface area contributed by atoms with Crippen LogP contribution in [-0.2, 0) is 23.1 Å². The first-order chi connectivity index (χ1) is 12.5. The van der Waals surface area contributed by atoms with E-state index < -0.39 is 5.82 Å². The number of carbonyl (C=O) groups excluding carboxylic acids is 2. The van der Waals surface area contributed by atoms with Gasteiger partial charge in [-0.15, -0.1) is 12.4 Å². The van der Waals surface area contributed by atoms with Crippen LogP contribution < -0.4 is 16.0 Å². The van der Waals surface area contributed by atoms with E-state index in [1.165, 1.54) is 12.1 Å². The number of fused-ring (bicyclic) bond motifs is 1. The van der Waals surface area contributed by atoms with Gasteiger partial charge in [0.05, 0.1) is 17.8 Å². The molecule has 2 atom stereocenters. The minimum atomic E-state index is -0.489. The number of nitrogens with zero attached hydrogens (tertiary/aromatic N) is 2. The number of aromatic nitrogens is 2. The maximum atomic E-state index is 14.4. The third-order valence-electron chi connectivity index (χ3n) is 5.05. The van der Waals surface area contributed by atoms with Crippen molar-refractivity contribution in [1.82, 2.24) is 15.1 Å².